The number of anilines is 1. The van der Waals surface area contributed by atoms with Crippen molar-refractivity contribution in [2.75, 3.05) is 25.6 Å². The number of hydrogen-bond acceptors (Lipinski definition) is 5. The molecule has 6 nitrogen and oxygen atoms in total. The third-order valence-electron chi connectivity index (χ3n) is 5.47. The van der Waals surface area contributed by atoms with E-state index in [1.54, 1.807) is 6.07 Å². The van der Waals surface area contributed by atoms with Crippen LogP contribution in [0.4, 0.5) is 5.69 Å². The van der Waals surface area contributed by atoms with Crippen LogP contribution >= 0.6 is 0 Å². The lowest BCUT2D eigenvalue weighted by molar-refractivity contribution is -0.142. The molecule has 1 amide bonds. The topological polar surface area (TPSA) is 76.7 Å². The van der Waals surface area contributed by atoms with Gasteiger partial charge in [-0.1, -0.05) is 18.2 Å². The van der Waals surface area contributed by atoms with Crippen molar-refractivity contribution in [3.8, 4) is 5.75 Å². The number of nitrogens with one attached hydrogen (secondary N) is 2. The second kappa shape index (κ2) is 10.1. The van der Waals surface area contributed by atoms with E-state index in [4.69, 9.17) is 4.74 Å². The lowest BCUT2D eigenvalue weighted by Gasteiger charge is -2.20. The minimum absolute atomic E-state index is 0.0401. The molecule has 0 radical (unpaired) electrons. The van der Waals surface area contributed by atoms with E-state index in [-0.39, 0.29) is 25.1 Å². The van der Waals surface area contributed by atoms with E-state index < -0.39 is 5.97 Å². The zero-order chi connectivity index (χ0) is 21.5. The van der Waals surface area contributed by atoms with E-state index in [9.17, 15) is 9.59 Å². The van der Waals surface area contributed by atoms with E-state index >= 15 is 0 Å². The summed E-state index contributed by atoms with van der Waals surface area (Å²) in [6, 6.07) is 11.9. The molecule has 30 heavy (non-hydrogen) atoms. The van der Waals surface area contributed by atoms with Crippen LogP contribution in [0.5, 0.6) is 5.75 Å². The first-order valence-corrected chi connectivity index (χ1v) is 10.4. The molecule has 1 atom stereocenters. The molecule has 160 valence electrons. The van der Waals surface area contributed by atoms with Crippen LogP contribution in [-0.2, 0) is 27.2 Å². The summed E-state index contributed by atoms with van der Waals surface area (Å²) in [4.78, 5) is 23.6. The number of methoxy groups -OCH3 is 1. The van der Waals surface area contributed by atoms with Crippen molar-refractivity contribution in [3.63, 3.8) is 0 Å². The van der Waals surface area contributed by atoms with Crippen LogP contribution in [0.3, 0.4) is 0 Å². The molecular formula is C24H30N2O4. The molecule has 2 N–H and O–H groups in total. The van der Waals surface area contributed by atoms with Gasteiger partial charge in [0, 0.05) is 5.69 Å². The highest BCUT2D eigenvalue weighted by Crippen LogP contribution is 2.25. The number of carbonyl (C=O) groups is 2. The highest BCUT2D eigenvalue weighted by Gasteiger charge is 2.14. The number of ether oxygens (including phenoxy) is 2. The smallest absolute Gasteiger partial charge is 0.343 e. The Bertz CT molecular complexity index is 910. The molecule has 0 saturated carbocycles. The van der Waals surface area contributed by atoms with Crippen LogP contribution < -0.4 is 15.4 Å². The Morgan fingerprint density at radius 1 is 1.07 bits per heavy atom. The maximum Gasteiger partial charge on any atom is 0.343 e. The molecule has 0 saturated heterocycles. The number of hydrogen-bond donors (Lipinski definition) is 2. The Labute approximate surface area is 178 Å². The van der Waals surface area contributed by atoms with Gasteiger partial charge in [-0.2, -0.15) is 0 Å². The molecule has 0 aromatic heterocycles. The monoisotopic (exact) mass is 410 g/mol. The molecule has 0 spiro atoms. The lowest BCUT2D eigenvalue weighted by atomic mass is 9.89. The molecule has 1 aliphatic rings. The average molecular weight is 411 g/mol. The number of carbonyl (C=O) groups excluding carboxylic acids is 2. The third-order valence-corrected chi connectivity index (χ3v) is 5.47. The second-order valence-electron chi connectivity index (χ2n) is 7.72. The highest BCUT2D eigenvalue weighted by atomic mass is 16.6. The number of benzene rings is 2. The molecule has 6 heteroatoms. The minimum atomic E-state index is -0.431. The molecule has 2 aromatic carbocycles. The summed E-state index contributed by atoms with van der Waals surface area (Å²) in [7, 11) is 1.32. The largest absolute Gasteiger partial charge is 0.482 e. The van der Waals surface area contributed by atoms with Crippen LogP contribution in [0.15, 0.2) is 36.4 Å². The maximum atomic E-state index is 12.4. The minimum Gasteiger partial charge on any atom is -0.482 e. The molecule has 0 fully saturated rings. The summed E-state index contributed by atoms with van der Waals surface area (Å²) in [6.45, 7) is 3.98. The fourth-order valence-corrected chi connectivity index (χ4v) is 3.70. The Morgan fingerprint density at radius 2 is 1.83 bits per heavy atom. The number of esters is 1. The first-order valence-electron chi connectivity index (χ1n) is 10.4. The molecule has 3 rings (SSSR count). The normalized spacial score (nSPS) is 13.7. The van der Waals surface area contributed by atoms with Crippen molar-refractivity contribution in [2.45, 2.75) is 45.6 Å². The van der Waals surface area contributed by atoms with Crippen LogP contribution in [-0.4, -0.2) is 32.1 Å². The van der Waals surface area contributed by atoms with Gasteiger partial charge < -0.3 is 20.1 Å². The Hall–Kier alpha value is -3.02. The van der Waals surface area contributed by atoms with Crippen molar-refractivity contribution in [2.24, 2.45) is 0 Å². The van der Waals surface area contributed by atoms with Gasteiger partial charge >= 0.3 is 5.97 Å². The first kappa shape index (κ1) is 21.7. The predicted octanol–water partition coefficient (Wildman–Crippen LogP) is 3.71. The van der Waals surface area contributed by atoms with E-state index in [1.807, 2.05) is 26.0 Å². The molecule has 2 aromatic rings. The van der Waals surface area contributed by atoms with Gasteiger partial charge in [0.15, 0.2) is 6.61 Å². The van der Waals surface area contributed by atoms with Crippen LogP contribution in [0, 0.1) is 6.92 Å². The molecule has 1 unspecified atom stereocenters. The van der Waals surface area contributed by atoms with E-state index in [0.29, 0.717) is 5.75 Å². The van der Waals surface area contributed by atoms with Gasteiger partial charge in [0.2, 0.25) is 5.91 Å². The molecule has 0 bridgehead atoms. The first-order chi connectivity index (χ1) is 14.5. The van der Waals surface area contributed by atoms with E-state index in [0.717, 1.165) is 29.7 Å². The Morgan fingerprint density at radius 3 is 2.57 bits per heavy atom. The van der Waals surface area contributed by atoms with Gasteiger partial charge in [-0.3, -0.25) is 4.79 Å². The van der Waals surface area contributed by atoms with Gasteiger partial charge in [-0.05, 0) is 80.0 Å². The van der Waals surface area contributed by atoms with Crippen molar-refractivity contribution >= 4 is 17.6 Å². The van der Waals surface area contributed by atoms with Crippen molar-refractivity contribution in [1.82, 2.24) is 5.32 Å². The van der Waals surface area contributed by atoms with Gasteiger partial charge in [0.05, 0.1) is 19.7 Å². The van der Waals surface area contributed by atoms with Crippen molar-refractivity contribution in [1.29, 1.82) is 0 Å². The van der Waals surface area contributed by atoms with E-state index in [2.05, 4.69) is 33.6 Å². The van der Waals surface area contributed by atoms with Crippen molar-refractivity contribution in [3.05, 3.63) is 58.7 Å². The van der Waals surface area contributed by atoms with Crippen LogP contribution in [0.1, 0.15) is 48.1 Å². The fraction of sp³-hybridized carbons (Fsp3) is 0.417. The number of aryl methyl sites for hydroxylation is 3. The molecule has 0 aliphatic heterocycles. The zero-order valence-electron chi connectivity index (χ0n) is 17.9. The average Bonchev–Trinajstić information content (AvgIpc) is 2.76. The van der Waals surface area contributed by atoms with Gasteiger partial charge in [0.25, 0.3) is 0 Å². The molecular weight excluding hydrogens is 380 g/mol. The predicted molar refractivity (Wildman–Crippen MR) is 117 cm³/mol. The quantitative estimate of drug-likeness (QED) is 0.649. The fourth-order valence-electron chi connectivity index (χ4n) is 3.70. The van der Waals surface area contributed by atoms with E-state index in [1.165, 1.54) is 31.1 Å². The highest BCUT2D eigenvalue weighted by molar-refractivity contribution is 5.81. The van der Waals surface area contributed by atoms with Crippen LogP contribution in [0.25, 0.3) is 0 Å². The maximum absolute atomic E-state index is 12.4. The summed E-state index contributed by atoms with van der Waals surface area (Å²) in [5, 5.41) is 6.23. The Kier molecular flexibility index (Phi) is 7.33. The van der Waals surface area contributed by atoms with Gasteiger partial charge in [-0.25, -0.2) is 4.79 Å². The summed E-state index contributed by atoms with van der Waals surface area (Å²) in [5.74, 6) is 0.0825. The Balaban J connectivity index is 1.51. The SMILES string of the molecule is COC(=O)COc1ccc(NCC(=O)NC(C)c2ccc3c(c2)CCCC3)c(C)c1. The molecule has 1 aliphatic carbocycles. The van der Waals surface area contributed by atoms with Gasteiger partial charge in [0.1, 0.15) is 5.75 Å². The van der Waals surface area contributed by atoms with Gasteiger partial charge in [-0.15, -0.1) is 0 Å². The molecule has 0 heterocycles. The summed E-state index contributed by atoms with van der Waals surface area (Å²) >= 11 is 0. The lowest BCUT2D eigenvalue weighted by Crippen LogP contribution is -2.32. The summed E-state index contributed by atoms with van der Waals surface area (Å²) in [6.07, 6.45) is 4.80. The third kappa shape index (κ3) is 5.75. The summed E-state index contributed by atoms with van der Waals surface area (Å²) < 4.78 is 9.94. The number of amides is 1. The standard InChI is InChI=1S/C24H30N2O4/c1-16-12-21(30-15-24(28)29-3)10-11-22(16)25-14-23(27)26-17(2)19-9-8-18-6-4-5-7-20(18)13-19/h8-13,17,25H,4-7,14-15H2,1-3H3,(H,26,27). The van der Waals surface area contributed by atoms with Crippen molar-refractivity contribution < 1.29 is 19.1 Å². The van der Waals surface area contributed by atoms with Crippen LogP contribution in [0.2, 0.25) is 0 Å². The number of fused-ring (bicyclic) bond motifs is 1. The summed E-state index contributed by atoms with van der Waals surface area (Å²) in [5.41, 5.74) is 5.78. The second-order valence-corrected chi connectivity index (χ2v) is 7.72. The number of rotatable bonds is 8. The zero-order valence-corrected chi connectivity index (χ0v) is 17.9.